The second kappa shape index (κ2) is 8.81. The normalized spacial score (nSPS) is 11.5. The summed E-state index contributed by atoms with van der Waals surface area (Å²) in [5, 5.41) is 10.5. The monoisotopic (exact) mass is 547 g/mol. The third-order valence-corrected chi connectivity index (χ3v) is 7.80. The molecule has 0 spiro atoms. The number of benzene rings is 3. The van der Waals surface area contributed by atoms with Gasteiger partial charge in [0.25, 0.3) is 10.0 Å². The summed E-state index contributed by atoms with van der Waals surface area (Å²) in [7, 11) is -3.99. The molecule has 0 bridgehead atoms. The van der Waals surface area contributed by atoms with E-state index in [1.807, 2.05) is 52.9 Å². The van der Waals surface area contributed by atoms with E-state index in [-0.39, 0.29) is 22.8 Å². The molecule has 4 aromatic rings. The summed E-state index contributed by atoms with van der Waals surface area (Å²) in [6, 6.07) is 22.0. The van der Waals surface area contributed by atoms with Crippen LogP contribution in [0, 0.1) is 3.57 Å². The maximum Gasteiger partial charge on any atom is 0.338 e. The Morgan fingerprint density at radius 3 is 2.26 bits per heavy atom. The van der Waals surface area contributed by atoms with Crippen LogP contribution in [0.2, 0.25) is 0 Å². The van der Waals surface area contributed by atoms with Crippen LogP contribution >= 0.6 is 22.6 Å². The van der Waals surface area contributed by atoms with E-state index in [0.29, 0.717) is 14.5 Å². The average molecular weight is 547 g/mol. The topological polar surface area (TPSA) is 85.6 Å². The Hall–Kier alpha value is -2.69. The highest BCUT2D eigenvalue weighted by Gasteiger charge is 2.26. The molecule has 3 aromatic carbocycles. The number of fused-ring (bicyclic) bond motifs is 1. The van der Waals surface area contributed by atoms with Gasteiger partial charge in [0.2, 0.25) is 0 Å². The third kappa shape index (κ3) is 4.10. The van der Waals surface area contributed by atoms with Crippen molar-refractivity contribution in [3.8, 4) is 0 Å². The van der Waals surface area contributed by atoms with Crippen LogP contribution in [0.15, 0.2) is 83.8 Å². The van der Waals surface area contributed by atoms with Crippen molar-refractivity contribution in [1.29, 1.82) is 0 Å². The molecular weight excluding hydrogens is 529 g/mol. The average Bonchev–Trinajstić information content (AvgIpc) is 3.10. The van der Waals surface area contributed by atoms with Crippen LogP contribution in [0.5, 0.6) is 0 Å². The first-order valence-electron chi connectivity index (χ1n) is 9.39. The van der Waals surface area contributed by atoms with Crippen molar-refractivity contribution in [3.63, 3.8) is 0 Å². The van der Waals surface area contributed by atoms with Crippen molar-refractivity contribution in [2.45, 2.75) is 18.1 Å². The molecule has 0 radical (unpaired) electrons. The van der Waals surface area contributed by atoms with Crippen LogP contribution < -0.4 is 0 Å². The largest absolute Gasteiger partial charge is 0.457 e. The Labute approximate surface area is 193 Å². The molecule has 0 fully saturated rings. The molecule has 158 valence electrons. The number of nitrogens with zero attached hydrogens (tertiary/aromatic N) is 1. The Bertz CT molecular complexity index is 1350. The summed E-state index contributed by atoms with van der Waals surface area (Å²) in [5.74, 6) is -0.559. The SMILES string of the molecule is O=C(OCc1ccccc1)c1ccc2c(I)c(CO)n(S(=O)(=O)c3ccccc3)c2c1. The molecular formula is C23H18INO5S. The van der Waals surface area contributed by atoms with Crippen LogP contribution in [0.4, 0.5) is 0 Å². The molecule has 0 aliphatic rings. The molecule has 0 atom stereocenters. The van der Waals surface area contributed by atoms with Gasteiger partial charge in [-0.3, -0.25) is 0 Å². The highest BCUT2D eigenvalue weighted by atomic mass is 127. The smallest absolute Gasteiger partial charge is 0.338 e. The molecule has 1 aromatic heterocycles. The maximum absolute atomic E-state index is 13.4. The van der Waals surface area contributed by atoms with E-state index in [9.17, 15) is 18.3 Å². The van der Waals surface area contributed by atoms with Gasteiger partial charge in [0.1, 0.15) is 6.61 Å². The summed E-state index contributed by atoms with van der Waals surface area (Å²) in [4.78, 5) is 12.7. The van der Waals surface area contributed by atoms with Crippen molar-refractivity contribution in [2.24, 2.45) is 0 Å². The van der Waals surface area contributed by atoms with Gasteiger partial charge in [-0.15, -0.1) is 0 Å². The van der Waals surface area contributed by atoms with Gasteiger partial charge < -0.3 is 9.84 Å². The molecule has 0 aliphatic carbocycles. The third-order valence-electron chi connectivity index (χ3n) is 4.83. The van der Waals surface area contributed by atoms with Gasteiger partial charge in [0.05, 0.1) is 28.3 Å². The number of ether oxygens (including phenoxy) is 1. The van der Waals surface area contributed by atoms with Gasteiger partial charge in [0, 0.05) is 8.96 Å². The molecule has 0 unspecified atom stereocenters. The van der Waals surface area contributed by atoms with Crippen LogP contribution in [0.25, 0.3) is 10.9 Å². The summed E-state index contributed by atoms with van der Waals surface area (Å²) < 4.78 is 33.8. The predicted octanol–water partition coefficient (Wildman–Crippen LogP) is 4.33. The first kappa shape index (κ1) is 21.5. The lowest BCUT2D eigenvalue weighted by Gasteiger charge is -2.11. The van der Waals surface area contributed by atoms with Gasteiger partial charge in [-0.25, -0.2) is 17.2 Å². The quantitative estimate of drug-likeness (QED) is 0.287. The summed E-state index contributed by atoms with van der Waals surface area (Å²) in [6.07, 6.45) is 0. The maximum atomic E-state index is 13.4. The molecule has 8 heteroatoms. The summed E-state index contributed by atoms with van der Waals surface area (Å²) in [5.41, 5.74) is 1.64. The Morgan fingerprint density at radius 2 is 1.61 bits per heavy atom. The zero-order chi connectivity index (χ0) is 22.0. The minimum atomic E-state index is -3.99. The fourth-order valence-corrected chi connectivity index (χ4v) is 5.91. The number of carbonyl (C=O) groups is 1. The van der Waals surface area contributed by atoms with E-state index in [1.165, 1.54) is 18.2 Å². The van der Waals surface area contributed by atoms with Gasteiger partial charge in [-0.1, -0.05) is 54.6 Å². The predicted molar refractivity (Wildman–Crippen MR) is 125 cm³/mol. The molecule has 1 N–H and O–H groups in total. The van der Waals surface area contributed by atoms with Crippen molar-refractivity contribution >= 4 is 49.5 Å². The van der Waals surface area contributed by atoms with E-state index in [1.54, 1.807) is 30.3 Å². The Morgan fingerprint density at radius 1 is 0.968 bits per heavy atom. The molecule has 6 nitrogen and oxygen atoms in total. The molecule has 0 aliphatic heterocycles. The standard InChI is InChI=1S/C23H18INO5S/c24-22-19-12-11-17(23(27)30-15-16-7-3-1-4-8-16)13-20(19)25(21(22)14-26)31(28,29)18-9-5-2-6-10-18/h1-13,26H,14-15H2. The lowest BCUT2D eigenvalue weighted by atomic mass is 10.1. The van der Waals surface area contributed by atoms with E-state index in [2.05, 4.69) is 0 Å². The number of aromatic nitrogens is 1. The number of carbonyl (C=O) groups excluding carboxylic acids is 1. The van der Waals surface area contributed by atoms with E-state index in [0.717, 1.165) is 9.54 Å². The highest BCUT2D eigenvalue weighted by molar-refractivity contribution is 14.1. The van der Waals surface area contributed by atoms with Crippen LogP contribution in [-0.2, 0) is 28.0 Å². The summed E-state index contributed by atoms with van der Waals surface area (Å²) >= 11 is 2.01. The molecule has 4 rings (SSSR count). The van der Waals surface area contributed by atoms with Crippen molar-refractivity contribution in [3.05, 3.63) is 99.3 Å². The van der Waals surface area contributed by atoms with Gasteiger partial charge in [-0.2, -0.15) is 0 Å². The van der Waals surface area contributed by atoms with Crippen LogP contribution in [0.1, 0.15) is 21.6 Å². The zero-order valence-electron chi connectivity index (χ0n) is 16.2. The molecule has 0 saturated carbocycles. The molecule has 31 heavy (non-hydrogen) atoms. The first-order valence-corrected chi connectivity index (χ1v) is 11.9. The second-order valence-corrected chi connectivity index (χ2v) is 9.66. The minimum absolute atomic E-state index is 0.0926. The van der Waals surface area contributed by atoms with Crippen molar-refractivity contribution in [2.75, 3.05) is 0 Å². The number of halogens is 1. The van der Waals surface area contributed by atoms with E-state index >= 15 is 0 Å². The zero-order valence-corrected chi connectivity index (χ0v) is 19.2. The molecule has 0 amide bonds. The number of hydrogen-bond acceptors (Lipinski definition) is 5. The highest BCUT2D eigenvalue weighted by Crippen LogP contribution is 2.32. The lowest BCUT2D eigenvalue weighted by Crippen LogP contribution is -2.16. The van der Waals surface area contributed by atoms with Crippen LogP contribution in [0.3, 0.4) is 0 Å². The van der Waals surface area contributed by atoms with E-state index < -0.39 is 22.6 Å². The van der Waals surface area contributed by atoms with Gasteiger partial charge in [0.15, 0.2) is 0 Å². The molecule has 1 heterocycles. The fourth-order valence-electron chi connectivity index (χ4n) is 3.31. The van der Waals surface area contributed by atoms with Gasteiger partial charge in [-0.05, 0) is 52.4 Å². The number of esters is 1. The van der Waals surface area contributed by atoms with Gasteiger partial charge >= 0.3 is 5.97 Å². The summed E-state index contributed by atoms with van der Waals surface area (Å²) in [6.45, 7) is -0.354. The molecule has 0 saturated heterocycles. The first-order chi connectivity index (χ1) is 14.9. The van der Waals surface area contributed by atoms with Crippen molar-refractivity contribution in [1.82, 2.24) is 3.97 Å². The fraction of sp³-hybridized carbons (Fsp3) is 0.0870. The number of aliphatic hydroxyl groups is 1. The number of hydrogen-bond donors (Lipinski definition) is 1. The Balaban J connectivity index is 1.78. The second-order valence-electron chi connectivity index (χ2n) is 6.79. The van der Waals surface area contributed by atoms with E-state index in [4.69, 9.17) is 4.74 Å². The van der Waals surface area contributed by atoms with Crippen LogP contribution in [-0.4, -0.2) is 23.5 Å². The van der Waals surface area contributed by atoms with Crippen molar-refractivity contribution < 1.29 is 23.1 Å². The number of rotatable bonds is 6. The lowest BCUT2D eigenvalue weighted by molar-refractivity contribution is 0.0473. The number of aliphatic hydroxyl groups excluding tert-OH is 1. The minimum Gasteiger partial charge on any atom is -0.457 e. The Kier molecular flexibility index (Phi) is 6.12.